The number of carbonyl (C=O) groups excluding carboxylic acids is 1. The molecule has 0 saturated heterocycles. The van der Waals surface area contributed by atoms with E-state index in [1.54, 1.807) is 0 Å². The molecule has 0 spiro atoms. The van der Waals surface area contributed by atoms with Gasteiger partial charge in [-0.3, -0.25) is 0 Å². The third-order valence-electron chi connectivity index (χ3n) is 5.70. The summed E-state index contributed by atoms with van der Waals surface area (Å²) in [6.45, 7) is 3.77. The Labute approximate surface area is 253 Å². The third-order valence-corrected chi connectivity index (χ3v) is 10.9. The van der Waals surface area contributed by atoms with Crippen LogP contribution < -0.4 is 4.74 Å². The van der Waals surface area contributed by atoms with Gasteiger partial charge in [-0.05, 0) is 67.5 Å². The first-order chi connectivity index (χ1) is 20.5. The summed E-state index contributed by atoms with van der Waals surface area (Å²) in [5.41, 5.74) is -0.977. The summed E-state index contributed by atoms with van der Waals surface area (Å²) >= 11 is 0. The molecule has 3 aromatic rings. The molecule has 0 amide bonds. The molecule has 6 nitrogen and oxygen atoms in total. The van der Waals surface area contributed by atoms with Crippen molar-refractivity contribution in [2.24, 2.45) is 0 Å². The van der Waals surface area contributed by atoms with Crippen molar-refractivity contribution in [1.29, 1.82) is 0 Å². The van der Waals surface area contributed by atoms with Crippen molar-refractivity contribution >= 4 is 26.4 Å². The van der Waals surface area contributed by atoms with Crippen LogP contribution in [0.3, 0.4) is 0 Å². The SMILES string of the molecule is CC(C)(C)OC(=O)COc1ccccc1S(OS(=O)(=O)C(F)(F)C(F)(F)C(F)(F)C(F)(F)F)(c1ccccc1)c1ccccc1. The average Bonchev–Trinajstić information content (AvgIpc) is 2.94. The lowest BCUT2D eigenvalue weighted by molar-refractivity contribution is -0.382. The molecule has 0 radical (unpaired) electrons. The van der Waals surface area contributed by atoms with Gasteiger partial charge in [-0.15, -0.1) is 0 Å². The molecule has 0 bridgehead atoms. The molecule has 0 aliphatic carbocycles. The number of carbonyl (C=O) groups is 1. The Kier molecular flexibility index (Phi) is 9.93. The summed E-state index contributed by atoms with van der Waals surface area (Å²) in [5, 5.41) is -7.15. The molecule has 0 heterocycles. The van der Waals surface area contributed by atoms with E-state index in [2.05, 4.69) is 0 Å². The second-order valence-corrected chi connectivity index (χ2v) is 14.6. The monoisotopic (exact) mass is 692 g/mol. The van der Waals surface area contributed by atoms with Crippen molar-refractivity contribution in [3.05, 3.63) is 84.9 Å². The molecule has 3 rings (SSSR count). The number of halogens is 9. The van der Waals surface area contributed by atoms with E-state index in [1.807, 2.05) is 0 Å². The van der Waals surface area contributed by atoms with Crippen LogP contribution in [0.1, 0.15) is 20.8 Å². The highest BCUT2D eigenvalue weighted by atomic mass is 32.3. The Hall–Kier alpha value is -3.44. The van der Waals surface area contributed by atoms with Gasteiger partial charge in [-0.2, -0.15) is 47.9 Å². The number of esters is 1. The van der Waals surface area contributed by atoms with Gasteiger partial charge in [0.15, 0.2) is 6.61 Å². The number of alkyl halides is 9. The fourth-order valence-corrected chi connectivity index (χ4v) is 9.06. The second kappa shape index (κ2) is 12.4. The van der Waals surface area contributed by atoms with Crippen molar-refractivity contribution in [1.82, 2.24) is 0 Å². The first-order valence-corrected chi connectivity index (χ1v) is 15.5. The quantitative estimate of drug-likeness (QED) is 0.149. The molecule has 248 valence electrons. The second-order valence-electron chi connectivity index (χ2n) is 10.2. The average molecular weight is 693 g/mol. The van der Waals surface area contributed by atoms with E-state index in [0.717, 1.165) is 36.4 Å². The van der Waals surface area contributed by atoms with E-state index in [0.29, 0.717) is 0 Å². The van der Waals surface area contributed by atoms with Crippen LogP contribution in [0.25, 0.3) is 0 Å². The predicted molar refractivity (Wildman–Crippen MR) is 144 cm³/mol. The van der Waals surface area contributed by atoms with Gasteiger partial charge in [0.05, 0.1) is 4.90 Å². The molecule has 0 fully saturated rings. The zero-order chi connectivity index (χ0) is 34.1. The van der Waals surface area contributed by atoms with Crippen LogP contribution in [0.15, 0.2) is 99.6 Å². The molecule has 3 aromatic carbocycles. The van der Waals surface area contributed by atoms with E-state index < -0.39 is 72.5 Å². The summed E-state index contributed by atoms with van der Waals surface area (Å²) < 4.78 is 167. The predicted octanol–water partition coefficient (Wildman–Crippen LogP) is 8.38. The van der Waals surface area contributed by atoms with E-state index >= 15 is 8.78 Å². The first kappa shape index (κ1) is 36.0. The summed E-state index contributed by atoms with van der Waals surface area (Å²) in [6.07, 6.45) is -7.28. The molecule has 0 aliphatic heterocycles. The Morgan fingerprint density at radius 1 is 0.667 bits per heavy atom. The largest absolute Gasteiger partial charge is 0.481 e. The molecule has 0 atom stereocenters. The Morgan fingerprint density at radius 3 is 1.56 bits per heavy atom. The first-order valence-electron chi connectivity index (χ1n) is 12.5. The van der Waals surface area contributed by atoms with Gasteiger partial charge in [0.25, 0.3) is 0 Å². The molecule has 0 aliphatic rings. The molecule has 0 unspecified atom stereocenters. The number of hydrogen-bond donors (Lipinski definition) is 0. The van der Waals surface area contributed by atoms with Crippen molar-refractivity contribution in [3.8, 4) is 5.75 Å². The topological polar surface area (TPSA) is 78.9 Å². The maximum absolute atomic E-state index is 15.1. The smallest absolute Gasteiger partial charge is 0.460 e. The maximum atomic E-state index is 15.1. The third kappa shape index (κ3) is 6.89. The lowest BCUT2D eigenvalue weighted by Crippen LogP contribution is -2.63. The van der Waals surface area contributed by atoms with Crippen molar-refractivity contribution in [2.45, 2.75) is 64.3 Å². The lowest BCUT2D eigenvalue weighted by Gasteiger charge is -2.41. The standard InChI is InChI=1S/C28H25F9O6S2/c1-24(2,3)42-23(38)18-41-21-16-10-11-17-22(21)44(19-12-6-4-7-13-19,20-14-8-5-9-15-20)43-45(39,40)28(36,37)26(31,32)25(29,30)27(33,34)35/h4-17H,18H2,1-3H3. The van der Waals surface area contributed by atoms with Crippen LogP contribution in [0.2, 0.25) is 0 Å². The van der Waals surface area contributed by atoms with Crippen LogP contribution in [0, 0.1) is 0 Å². The minimum absolute atomic E-state index is 0.310. The number of rotatable bonds is 11. The highest BCUT2D eigenvalue weighted by Crippen LogP contribution is 2.73. The number of para-hydroxylation sites is 1. The van der Waals surface area contributed by atoms with Gasteiger partial charge in [-0.25, -0.2) is 8.42 Å². The summed E-state index contributed by atoms with van der Waals surface area (Å²) in [7, 11) is -11.7. The maximum Gasteiger partial charge on any atom is 0.460 e. The van der Waals surface area contributed by atoms with Gasteiger partial charge in [0, 0.05) is 9.79 Å². The number of ether oxygens (including phenoxy) is 2. The molecule has 0 saturated carbocycles. The van der Waals surface area contributed by atoms with Gasteiger partial charge in [0.2, 0.25) is 0 Å². The van der Waals surface area contributed by atoms with Crippen molar-refractivity contribution < 1.29 is 65.8 Å². The molecule has 0 N–H and O–H groups in total. The van der Waals surface area contributed by atoms with Crippen molar-refractivity contribution in [3.63, 3.8) is 0 Å². The fraction of sp³-hybridized carbons (Fsp3) is 0.321. The van der Waals surface area contributed by atoms with Gasteiger partial charge < -0.3 is 9.47 Å². The van der Waals surface area contributed by atoms with E-state index in [4.69, 9.17) is 13.1 Å². The van der Waals surface area contributed by atoms with Gasteiger partial charge in [0.1, 0.15) is 11.4 Å². The zero-order valence-corrected chi connectivity index (χ0v) is 25.1. The highest BCUT2D eigenvalue weighted by Gasteiger charge is 2.86. The Bertz CT molecular complexity index is 1550. The van der Waals surface area contributed by atoms with E-state index in [1.165, 1.54) is 69.3 Å². The van der Waals surface area contributed by atoms with E-state index in [9.17, 15) is 43.9 Å². The van der Waals surface area contributed by atoms with Crippen LogP contribution in [-0.4, -0.2) is 49.9 Å². The number of benzene rings is 3. The summed E-state index contributed by atoms with van der Waals surface area (Å²) in [5.74, 6) is -16.4. The normalized spacial score (nSPS) is 14.1. The number of hydrogen-bond acceptors (Lipinski definition) is 6. The van der Waals surface area contributed by atoms with Crippen LogP contribution in [0.4, 0.5) is 39.5 Å². The van der Waals surface area contributed by atoms with Crippen LogP contribution in [-0.2, 0) is 23.3 Å². The molecule has 45 heavy (non-hydrogen) atoms. The van der Waals surface area contributed by atoms with Crippen LogP contribution >= 0.6 is 10.3 Å². The lowest BCUT2D eigenvalue weighted by atomic mass is 10.1. The van der Waals surface area contributed by atoms with Gasteiger partial charge in [-0.1, -0.05) is 48.5 Å². The minimum atomic E-state index is -7.54. The Morgan fingerprint density at radius 2 is 1.11 bits per heavy atom. The van der Waals surface area contributed by atoms with Crippen molar-refractivity contribution in [2.75, 3.05) is 6.61 Å². The minimum Gasteiger partial charge on any atom is -0.481 e. The molecule has 17 heteroatoms. The molecular formula is C28H25F9O6S2. The summed E-state index contributed by atoms with van der Waals surface area (Å²) in [4.78, 5) is 11.3. The summed E-state index contributed by atoms with van der Waals surface area (Å²) in [6, 6.07) is 17.1. The van der Waals surface area contributed by atoms with E-state index in [-0.39, 0.29) is 9.79 Å². The zero-order valence-electron chi connectivity index (χ0n) is 23.5. The Balaban J connectivity index is 2.34. The molecular weight excluding hydrogens is 667 g/mol. The molecule has 0 aromatic heterocycles. The van der Waals surface area contributed by atoms with Gasteiger partial charge >= 0.3 is 39.4 Å². The fourth-order valence-electron chi connectivity index (χ4n) is 3.74. The highest BCUT2D eigenvalue weighted by molar-refractivity contribution is 8.33. The van der Waals surface area contributed by atoms with Crippen LogP contribution in [0.5, 0.6) is 5.75 Å².